The van der Waals surface area contributed by atoms with Crippen LogP contribution in [0.15, 0.2) is 18.3 Å². The quantitative estimate of drug-likeness (QED) is 0.440. The summed E-state index contributed by atoms with van der Waals surface area (Å²) in [5.74, 6) is -1.04. The Balaban J connectivity index is 2.36. The number of methoxy groups -OCH3 is 2. The number of thiazole rings is 1. The molecule has 0 fully saturated rings. The minimum Gasteiger partial charge on any atom is -0.493 e. The average Bonchev–Trinajstić information content (AvgIpc) is 3.09. The highest BCUT2D eigenvalue weighted by Crippen LogP contribution is 2.35. The minimum absolute atomic E-state index is 0.0950. The molecular weight excluding hydrogens is 366 g/mol. The summed E-state index contributed by atoms with van der Waals surface area (Å²) in [6.07, 6.45) is 1.24. The molecule has 0 saturated heterocycles. The maximum absolute atomic E-state index is 12.5. The lowest BCUT2D eigenvalue weighted by atomic mass is 10.1. The number of carbonyl (C=O) groups excluding carboxylic acids is 2. The summed E-state index contributed by atoms with van der Waals surface area (Å²) >= 11 is 0.881. The van der Waals surface area contributed by atoms with Gasteiger partial charge in [0.25, 0.3) is 11.6 Å². The summed E-state index contributed by atoms with van der Waals surface area (Å²) in [6.45, 7) is 1.99. The minimum atomic E-state index is -0.774. The van der Waals surface area contributed by atoms with Crippen LogP contribution in [-0.2, 0) is 4.74 Å². The molecule has 26 heavy (non-hydrogen) atoms. The fraction of sp³-hybridized carbons (Fsp3) is 0.267. The smallest absolute Gasteiger partial charge is 0.349 e. The lowest BCUT2D eigenvalue weighted by molar-refractivity contribution is -0.385. The number of hydrogen-bond acceptors (Lipinski definition) is 9. The van der Waals surface area contributed by atoms with E-state index < -0.39 is 22.5 Å². The van der Waals surface area contributed by atoms with Crippen molar-refractivity contribution in [1.29, 1.82) is 0 Å². The molecule has 2 rings (SSSR count). The van der Waals surface area contributed by atoms with E-state index in [2.05, 4.69) is 15.0 Å². The molecule has 2 aromatic rings. The summed E-state index contributed by atoms with van der Waals surface area (Å²) in [4.78, 5) is 38.6. The number of hydrogen-bond donors (Lipinski definition) is 1. The van der Waals surface area contributed by atoms with E-state index in [-0.39, 0.29) is 33.7 Å². The predicted molar refractivity (Wildman–Crippen MR) is 92.2 cm³/mol. The Morgan fingerprint density at radius 3 is 2.62 bits per heavy atom. The summed E-state index contributed by atoms with van der Waals surface area (Å²) in [5, 5.41) is 13.8. The van der Waals surface area contributed by atoms with Crippen LogP contribution in [-0.4, -0.2) is 42.6 Å². The standard InChI is InChI=1S/C15H15N3O7S/c1-4-25-11-6-9(18(21)22)8(5-10(11)23-2)13(19)17-15-16-7-12(26-15)14(20)24-3/h5-7H,4H2,1-3H3,(H,16,17,19). The van der Waals surface area contributed by atoms with Gasteiger partial charge in [-0.15, -0.1) is 0 Å². The summed E-state index contributed by atoms with van der Waals surface area (Å²) in [6, 6.07) is 2.34. The van der Waals surface area contributed by atoms with E-state index in [4.69, 9.17) is 9.47 Å². The van der Waals surface area contributed by atoms with Crippen LogP contribution in [0.3, 0.4) is 0 Å². The highest BCUT2D eigenvalue weighted by molar-refractivity contribution is 7.17. The van der Waals surface area contributed by atoms with Gasteiger partial charge in [0.2, 0.25) is 0 Å². The lowest BCUT2D eigenvalue weighted by Crippen LogP contribution is -2.14. The van der Waals surface area contributed by atoms with Gasteiger partial charge in [-0.2, -0.15) is 0 Å². The molecule has 0 aliphatic carbocycles. The number of anilines is 1. The number of nitro benzene ring substituents is 1. The molecule has 0 atom stereocenters. The second-order valence-electron chi connectivity index (χ2n) is 4.69. The SMILES string of the molecule is CCOc1cc([N+](=O)[O-])c(C(=O)Nc2ncc(C(=O)OC)s2)cc1OC. The molecule has 0 unspecified atom stereocenters. The van der Waals surface area contributed by atoms with Gasteiger partial charge in [-0.1, -0.05) is 11.3 Å². The van der Waals surface area contributed by atoms with Crippen LogP contribution < -0.4 is 14.8 Å². The van der Waals surface area contributed by atoms with E-state index in [1.54, 1.807) is 6.92 Å². The zero-order valence-electron chi connectivity index (χ0n) is 14.1. The van der Waals surface area contributed by atoms with Gasteiger partial charge in [-0.05, 0) is 6.92 Å². The van der Waals surface area contributed by atoms with Crippen LogP contribution in [0.4, 0.5) is 10.8 Å². The van der Waals surface area contributed by atoms with Crippen LogP contribution in [0.1, 0.15) is 27.0 Å². The van der Waals surface area contributed by atoms with E-state index in [1.165, 1.54) is 26.5 Å². The fourth-order valence-electron chi connectivity index (χ4n) is 2.00. The highest BCUT2D eigenvalue weighted by atomic mass is 32.1. The molecule has 0 aliphatic heterocycles. The lowest BCUT2D eigenvalue weighted by Gasteiger charge is -2.11. The number of carbonyl (C=O) groups is 2. The zero-order chi connectivity index (χ0) is 19.3. The maximum atomic E-state index is 12.5. The molecule has 0 radical (unpaired) electrons. The molecular formula is C15H15N3O7S. The van der Waals surface area contributed by atoms with Crippen molar-refractivity contribution < 1.29 is 28.7 Å². The van der Waals surface area contributed by atoms with Crippen molar-refractivity contribution in [3.05, 3.63) is 38.9 Å². The Labute approximate surface area is 151 Å². The number of rotatable bonds is 7. The molecule has 11 heteroatoms. The number of amides is 1. The van der Waals surface area contributed by atoms with Gasteiger partial charge in [-0.3, -0.25) is 20.2 Å². The number of nitrogens with one attached hydrogen (secondary N) is 1. The first-order valence-corrected chi connectivity index (χ1v) is 8.07. The largest absolute Gasteiger partial charge is 0.493 e. The highest BCUT2D eigenvalue weighted by Gasteiger charge is 2.25. The van der Waals surface area contributed by atoms with Crippen LogP contribution >= 0.6 is 11.3 Å². The van der Waals surface area contributed by atoms with Crippen LogP contribution in [0, 0.1) is 10.1 Å². The van der Waals surface area contributed by atoms with Gasteiger partial charge in [0, 0.05) is 6.07 Å². The number of esters is 1. The Morgan fingerprint density at radius 1 is 1.31 bits per heavy atom. The van der Waals surface area contributed by atoms with Crippen molar-refractivity contribution in [3.8, 4) is 11.5 Å². The number of nitrogens with zero attached hydrogens (tertiary/aromatic N) is 2. The maximum Gasteiger partial charge on any atom is 0.349 e. The summed E-state index contributed by atoms with van der Waals surface area (Å²) in [7, 11) is 2.57. The van der Waals surface area contributed by atoms with E-state index >= 15 is 0 Å². The third-order valence-electron chi connectivity index (χ3n) is 3.14. The van der Waals surface area contributed by atoms with E-state index in [9.17, 15) is 19.7 Å². The first-order chi connectivity index (χ1) is 12.4. The van der Waals surface area contributed by atoms with Gasteiger partial charge in [0.05, 0.1) is 38.0 Å². The molecule has 138 valence electrons. The predicted octanol–water partition coefficient (Wildman–Crippen LogP) is 2.50. The molecule has 1 N–H and O–H groups in total. The molecule has 0 spiro atoms. The van der Waals surface area contributed by atoms with Gasteiger partial charge >= 0.3 is 5.97 Å². The van der Waals surface area contributed by atoms with Crippen LogP contribution in [0.5, 0.6) is 11.5 Å². The Morgan fingerprint density at radius 2 is 2.04 bits per heavy atom. The topological polar surface area (TPSA) is 130 Å². The third-order valence-corrected chi connectivity index (χ3v) is 4.03. The second kappa shape index (κ2) is 8.25. The molecule has 1 aromatic carbocycles. The number of benzene rings is 1. The normalized spacial score (nSPS) is 10.1. The molecule has 10 nitrogen and oxygen atoms in total. The molecule has 1 amide bonds. The first-order valence-electron chi connectivity index (χ1n) is 7.26. The third kappa shape index (κ3) is 4.06. The van der Waals surface area contributed by atoms with Crippen LogP contribution in [0.2, 0.25) is 0 Å². The Bertz CT molecular complexity index is 850. The van der Waals surface area contributed by atoms with Crippen molar-refractivity contribution in [2.45, 2.75) is 6.92 Å². The van der Waals surface area contributed by atoms with Crippen molar-refractivity contribution in [1.82, 2.24) is 4.98 Å². The van der Waals surface area contributed by atoms with Gasteiger partial charge < -0.3 is 14.2 Å². The van der Waals surface area contributed by atoms with E-state index in [0.717, 1.165) is 17.4 Å². The molecule has 1 aromatic heterocycles. The first kappa shape index (κ1) is 19.1. The molecule has 0 saturated carbocycles. The zero-order valence-corrected chi connectivity index (χ0v) is 14.9. The summed E-state index contributed by atoms with van der Waals surface area (Å²) in [5.41, 5.74) is -0.679. The van der Waals surface area contributed by atoms with Crippen molar-refractivity contribution in [2.24, 2.45) is 0 Å². The summed E-state index contributed by atoms with van der Waals surface area (Å²) < 4.78 is 15.0. The molecule has 0 aliphatic rings. The van der Waals surface area contributed by atoms with E-state index in [0.29, 0.717) is 0 Å². The average molecular weight is 381 g/mol. The van der Waals surface area contributed by atoms with Gasteiger partial charge in [0.15, 0.2) is 16.6 Å². The Kier molecular flexibility index (Phi) is 6.07. The Hall–Kier alpha value is -3.21. The van der Waals surface area contributed by atoms with E-state index in [1.807, 2.05) is 0 Å². The van der Waals surface area contributed by atoms with Crippen molar-refractivity contribution in [3.63, 3.8) is 0 Å². The second-order valence-corrected chi connectivity index (χ2v) is 5.72. The van der Waals surface area contributed by atoms with Crippen LogP contribution in [0.25, 0.3) is 0 Å². The fourth-order valence-corrected chi connectivity index (χ4v) is 2.73. The van der Waals surface area contributed by atoms with Crippen molar-refractivity contribution >= 4 is 34.0 Å². The molecule has 1 heterocycles. The monoisotopic (exact) mass is 381 g/mol. The number of aromatic nitrogens is 1. The van der Waals surface area contributed by atoms with Gasteiger partial charge in [-0.25, -0.2) is 9.78 Å². The molecule has 0 bridgehead atoms. The number of ether oxygens (including phenoxy) is 3. The van der Waals surface area contributed by atoms with Crippen molar-refractivity contribution in [2.75, 3.05) is 26.1 Å². The number of nitro groups is 1. The van der Waals surface area contributed by atoms with Gasteiger partial charge in [0.1, 0.15) is 10.4 Å².